The van der Waals surface area contributed by atoms with E-state index in [0.717, 1.165) is 51.9 Å². The van der Waals surface area contributed by atoms with Crippen molar-refractivity contribution in [2.24, 2.45) is 4.99 Å². The van der Waals surface area contributed by atoms with Gasteiger partial charge in [-0.25, -0.2) is 0 Å². The van der Waals surface area contributed by atoms with Crippen LogP contribution >= 0.6 is 35.3 Å². The maximum Gasteiger partial charge on any atom is 0.193 e. The van der Waals surface area contributed by atoms with Gasteiger partial charge in [-0.2, -0.15) is 0 Å². The summed E-state index contributed by atoms with van der Waals surface area (Å²) in [5.41, 5.74) is 0. The molecule has 2 atom stereocenters. The Morgan fingerprint density at radius 3 is 2.77 bits per heavy atom. The van der Waals surface area contributed by atoms with E-state index in [1.807, 2.05) is 18.4 Å². The first-order valence-electron chi connectivity index (χ1n) is 9.16. The van der Waals surface area contributed by atoms with E-state index in [0.29, 0.717) is 12.1 Å². The van der Waals surface area contributed by atoms with Gasteiger partial charge in [-0.05, 0) is 32.0 Å². The molecule has 2 fully saturated rings. The molecule has 0 aromatic carbocycles. The Balaban J connectivity index is 0.00000243. The van der Waals surface area contributed by atoms with E-state index in [1.54, 1.807) is 0 Å². The molecule has 0 bridgehead atoms. The van der Waals surface area contributed by atoms with Gasteiger partial charge in [0.25, 0.3) is 0 Å². The summed E-state index contributed by atoms with van der Waals surface area (Å²) in [5.74, 6) is 1.03. The summed E-state index contributed by atoms with van der Waals surface area (Å²) in [5, 5.41) is 5.75. The van der Waals surface area contributed by atoms with Crippen LogP contribution in [0.1, 0.15) is 17.3 Å². The summed E-state index contributed by atoms with van der Waals surface area (Å²) in [6, 6.07) is 5.33. The van der Waals surface area contributed by atoms with E-state index in [4.69, 9.17) is 4.74 Å². The third-order valence-corrected chi connectivity index (χ3v) is 6.16. The second kappa shape index (κ2) is 10.8. The van der Waals surface area contributed by atoms with Crippen LogP contribution in [0, 0.1) is 0 Å². The van der Waals surface area contributed by atoms with Crippen LogP contribution in [-0.2, 0) is 4.74 Å². The Labute approximate surface area is 178 Å². The first kappa shape index (κ1) is 21.9. The van der Waals surface area contributed by atoms with Crippen molar-refractivity contribution in [2.45, 2.75) is 18.5 Å². The molecule has 0 aliphatic carbocycles. The van der Waals surface area contributed by atoms with Crippen LogP contribution in [0.2, 0.25) is 0 Å². The molecule has 2 saturated heterocycles. The van der Waals surface area contributed by atoms with Crippen LogP contribution in [0.3, 0.4) is 0 Å². The fraction of sp³-hybridized carbons (Fsp3) is 0.722. The number of rotatable bonds is 5. The molecule has 26 heavy (non-hydrogen) atoms. The molecule has 2 aliphatic heterocycles. The second-order valence-corrected chi connectivity index (χ2v) is 7.94. The predicted octanol–water partition coefficient (Wildman–Crippen LogP) is 1.95. The van der Waals surface area contributed by atoms with Crippen molar-refractivity contribution in [2.75, 3.05) is 67.1 Å². The number of morpholine rings is 1. The van der Waals surface area contributed by atoms with Crippen molar-refractivity contribution in [3.05, 3.63) is 22.4 Å². The maximum absolute atomic E-state index is 5.48. The normalized spacial score (nSPS) is 23.2. The van der Waals surface area contributed by atoms with Gasteiger partial charge < -0.3 is 19.9 Å². The summed E-state index contributed by atoms with van der Waals surface area (Å²) in [7, 11) is 6.17. The summed E-state index contributed by atoms with van der Waals surface area (Å²) < 4.78 is 5.48. The number of nitrogens with zero attached hydrogens (tertiary/aromatic N) is 4. The standard InChI is InChI=1S/C18H31N5OS.HI/c1-19-18(20-13-16(21(2)3)17-5-4-12-25-17)23-7-6-15(14-23)22-8-10-24-11-9-22;/h4-5,12,15-16H,6-11,13-14H2,1-3H3,(H,19,20);1H. The Morgan fingerprint density at radius 2 is 2.15 bits per heavy atom. The highest BCUT2D eigenvalue weighted by atomic mass is 127. The van der Waals surface area contributed by atoms with Crippen LogP contribution in [0.4, 0.5) is 0 Å². The Bertz CT molecular complexity index is 548. The number of aliphatic imine (C=N–C) groups is 1. The van der Waals surface area contributed by atoms with E-state index < -0.39 is 0 Å². The fourth-order valence-electron chi connectivity index (χ4n) is 3.71. The number of halogens is 1. The molecule has 0 spiro atoms. The molecule has 0 radical (unpaired) electrons. The summed E-state index contributed by atoms with van der Waals surface area (Å²) in [6.07, 6.45) is 1.21. The minimum Gasteiger partial charge on any atom is -0.379 e. The molecule has 1 aromatic rings. The van der Waals surface area contributed by atoms with E-state index in [1.165, 1.54) is 11.3 Å². The van der Waals surface area contributed by atoms with Crippen LogP contribution < -0.4 is 5.32 Å². The first-order chi connectivity index (χ1) is 12.2. The topological polar surface area (TPSA) is 43.3 Å². The van der Waals surface area contributed by atoms with Gasteiger partial charge in [-0.1, -0.05) is 6.07 Å². The van der Waals surface area contributed by atoms with Gasteiger partial charge in [-0.15, -0.1) is 35.3 Å². The van der Waals surface area contributed by atoms with Crippen LogP contribution in [0.5, 0.6) is 0 Å². The lowest BCUT2D eigenvalue weighted by Crippen LogP contribution is -2.47. The van der Waals surface area contributed by atoms with Crippen molar-refractivity contribution in [1.29, 1.82) is 0 Å². The maximum atomic E-state index is 5.48. The quantitative estimate of drug-likeness (QED) is 0.386. The average Bonchev–Trinajstić information content (AvgIpc) is 3.31. The molecule has 3 rings (SSSR count). The number of nitrogens with one attached hydrogen (secondary N) is 1. The van der Waals surface area contributed by atoms with Gasteiger partial charge in [0.1, 0.15) is 0 Å². The number of hydrogen-bond donors (Lipinski definition) is 1. The molecule has 6 nitrogen and oxygen atoms in total. The Morgan fingerprint density at radius 1 is 1.38 bits per heavy atom. The second-order valence-electron chi connectivity index (χ2n) is 6.96. The van der Waals surface area contributed by atoms with Crippen LogP contribution in [0.15, 0.2) is 22.5 Å². The van der Waals surface area contributed by atoms with Crippen molar-refractivity contribution in [3.63, 3.8) is 0 Å². The highest BCUT2D eigenvalue weighted by Gasteiger charge is 2.30. The molecule has 3 heterocycles. The number of likely N-dealkylation sites (tertiary alicyclic amines) is 1. The van der Waals surface area contributed by atoms with Gasteiger partial charge in [0.05, 0.1) is 19.3 Å². The van der Waals surface area contributed by atoms with Crippen molar-refractivity contribution in [1.82, 2.24) is 20.0 Å². The number of guanidine groups is 1. The van der Waals surface area contributed by atoms with Gasteiger partial charge in [0.15, 0.2) is 5.96 Å². The smallest absolute Gasteiger partial charge is 0.193 e. The van der Waals surface area contributed by atoms with E-state index >= 15 is 0 Å². The van der Waals surface area contributed by atoms with Crippen LogP contribution in [0.25, 0.3) is 0 Å². The summed E-state index contributed by atoms with van der Waals surface area (Å²) in [6.45, 7) is 6.87. The van der Waals surface area contributed by atoms with Crippen LogP contribution in [-0.4, -0.2) is 93.8 Å². The largest absolute Gasteiger partial charge is 0.379 e. The molecule has 1 aromatic heterocycles. The molecule has 0 amide bonds. The molecule has 148 valence electrons. The van der Waals surface area contributed by atoms with E-state index in [2.05, 4.69) is 56.6 Å². The third-order valence-electron chi connectivity index (χ3n) is 5.19. The molecule has 8 heteroatoms. The minimum absolute atomic E-state index is 0. The molecule has 2 aliphatic rings. The Kier molecular flexibility index (Phi) is 9.08. The zero-order chi connectivity index (χ0) is 17.6. The number of likely N-dealkylation sites (N-methyl/N-ethyl adjacent to an activating group) is 1. The highest BCUT2D eigenvalue weighted by Crippen LogP contribution is 2.23. The monoisotopic (exact) mass is 493 g/mol. The molecular weight excluding hydrogens is 461 g/mol. The van der Waals surface area contributed by atoms with Crippen molar-refractivity contribution in [3.8, 4) is 0 Å². The van der Waals surface area contributed by atoms with Crippen molar-refractivity contribution < 1.29 is 4.74 Å². The van der Waals surface area contributed by atoms with E-state index in [-0.39, 0.29) is 24.0 Å². The zero-order valence-corrected chi connectivity index (χ0v) is 19.2. The van der Waals surface area contributed by atoms with E-state index in [9.17, 15) is 0 Å². The lowest BCUT2D eigenvalue weighted by molar-refractivity contribution is 0.0195. The number of ether oxygens (including phenoxy) is 1. The molecule has 0 saturated carbocycles. The van der Waals surface area contributed by atoms with Gasteiger partial charge >= 0.3 is 0 Å². The number of hydrogen-bond acceptors (Lipinski definition) is 5. The zero-order valence-electron chi connectivity index (χ0n) is 16.1. The third kappa shape index (κ3) is 5.54. The predicted molar refractivity (Wildman–Crippen MR) is 120 cm³/mol. The summed E-state index contributed by atoms with van der Waals surface area (Å²) in [4.78, 5) is 13.2. The van der Waals surface area contributed by atoms with Gasteiger partial charge in [-0.3, -0.25) is 9.89 Å². The minimum atomic E-state index is 0. The van der Waals surface area contributed by atoms with Crippen molar-refractivity contribution >= 4 is 41.3 Å². The molecule has 2 unspecified atom stereocenters. The number of thiophene rings is 1. The van der Waals surface area contributed by atoms with Gasteiger partial charge in [0.2, 0.25) is 0 Å². The molecule has 1 N–H and O–H groups in total. The first-order valence-corrected chi connectivity index (χ1v) is 10.0. The SMILES string of the molecule is CN=C(NCC(c1cccs1)N(C)C)N1CCC(N2CCOCC2)C1.I. The lowest BCUT2D eigenvalue weighted by Gasteiger charge is -2.32. The van der Waals surface area contributed by atoms with Gasteiger partial charge in [0, 0.05) is 50.7 Å². The lowest BCUT2D eigenvalue weighted by atomic mass is 10.2. The summed E-state index contributed by atoms with van der Waals surface area (Å²) >= 11 is 1.82. The fourth-order valence-corrected chi connectivity index (χ4v) is 4.64. The highest BCUT2D eigenvalue weighted by molar-refractivity contribution is 14.0. The average molecular weight is 493 g/mol. The molecular formula is C18H32IN5OS. The Hall–Kier alpha value is -0.420.